The van der Waals surface area contributed by atoms with Crippen LogP contribution in [0.2, 0.25) is 0 Å². The Morgan fingerprint density at radius 1 is 1.23 bits per heavy atom. The Morgan fingerprint density at radius 3 is 2.69 bits per heavy atom. The number of hydrogen-bond acceptors (Lipinski definition) is 7. The predicted octanol–water partition coefficient (Wildman–Crippen LogP) is 2.27. The molecule has 2 N–H and O–H groups in total. The van der Waals surface area contributed by atoms with Gasteiger partial charge < -0.3 is 10.1 Å². The zero-order chi connectivity index (χ0) is 17.9. The third-order valence-corrected chi connectivity index (χ3v) is 3.92. The molecule has 1 saturated carbocycles. The van der Waals surface area contributed by atoms with Gasteiger partial charge in [-0.05, 0) is 24.1 Å². The topological polar surface area (TPSA) is 102 Å². The Balaban J connectivity index is 1.53. The molecule has 0 amide bonds. The summed E-state index contributed by atoms with van der Waals surface area (Å²) in [6, 6.07) is 2.91. The van der Waals surface area contributed by atoms with Crippen molar-refractivity contribution in [2.24, 2.45) is 0 Å². The molecule has 1 aliphatic rings. The summed E-state index contributed by atoms with van der Waals surface area (Å²) in [5, 5.41) is 16.6. The molecule has 2 heterocycles. The summed E-state index contributed by atoms with van der Waals surface area (Å²) in [7, 11) is 0. The average molecular weight is 359 g/mol. The summed E-state index contributed by atoms with van der Waals surface area (Å²) >= 11 is 0. The number of aromatic nitrogens is 6. The highest BCUT2D eigenvalue weighted by atomic mass is 19.1. The summed E-state index contributed by atoms with van der Waals surface area (Å²) in [4.78, 5) is 8.39. The predicted molar refractivity (Wildman–Crippen MR) is 86.9 cm³/mol. The van der Waals surface area contributed by atoms with E-state index in [1.165, 1.54) is 24.5 Å². The number of aromatic amines is 1. The number of H-pyrrole nitrogens is 1. The Labute approximate surface area is 147 Å². The van der Waals surface area contributed by atoms with Crippen molar-refractivity contribution in [3.63, 3.8) is 0 Å². The molecule has 8 nitrogen and oxygen atoms in total. The van der Waals surface area contributed by atoms with Gasteiger partial charge in [0.15, 0.2) is 0 Å². The molecule has 1 unspecified atom stereocenters. The van der Waals surface area contributed by atoms with E-state index in [-0.39, 0.29) is 24.2 Å². The normalized spacial score (nSPS) is 15.0. The molecule has 26 heavy (non-hydrogen) atoms. The molecule has 3 aromatic rings. The quantitative estimate of drug-likeness (QED) is 0.667. The molecule has 0 saturated heterocycles. The molecule has 0 spiro atoms. The van der Waals surface area contributed by atoms with Crippen LogP contribution in [0.25, 0.3) is 11.4 Å². The fraction of sp³-hybridized carbons (Fsp3) is 0.312. The van der Waals surface area contributed by atoms with Gasteiger partial charge in [-0.3, -0.25) is 0 Å². The molecule has 0 bridgehead atoms. The van der Waals surface area contributed by atoms with E-state index in [1.807, 2.05) is 0 Å². The van der Waals surface area contributed by atoms with Crippen molar-refractivity contribution in [3.8, 4) is 11.4 Å². The minimum atomic E-state index is -0.648. The first kappa shape index (κ1) is 16.5. The highest BCUT2D eigenvalue weighted by Crippen LogP contribution is 2.28. The second-order valence-corrected chi connectivity index (χ2v) is 5.93. The average Bonchev–Trinajstić information content (AvgIpc) is 3.31. The van der Waals surface area contributed by atoms with Crippen LogP contribution in [0, 0.1) is 11.6 Å². The lowest BCUT2D eigenvalue weighted by Crippen LogP contribution is -2.20. The van der Waals surface area contributed by atoms with Crippen molar-refractivity contribution in [1.82, 2.24) is 30.6 Å². The number of halogens is 2. The van der Waals surface area contributed by atoms with Crippen LogP contribution in [0.1, 0.15) is 24.4 Å². The third kappa shape index (κ3) is 3.80. The SMILES string of the molecule is Fc1ccc(C(COC2CC2)Nc2ncc(-c3nn[nH]n3)cn2)c(F)c1. The van der Waals surface area contributed by atoms with Crippen LogP contribution in [0.4, 0.5) is 14.7 Å². The Bertz CT molecular complexity index is 869. The highest BCUT2D eigenvalue weighted by molar-refractivity contribution is 5.51. The molecule has 134 valence electrons. The van der Waals surface area contributed by atoms with Crippen LogP contribution >= 0.6 is 0 Å². The van der Waals surface area contributed by atoms with Crippen molar-refractivity contribution in [3.05, 3.63) is 47.8 Å². The van der Waals surface area contributed by atoms with Gasteiger partial charge in [0.2, 0.25) is 11.8 Å². The molecule has 0 radical (unpaired) electrons. The van der Waals surface area contributed by atoms with Gasteiger partial charge in [0.05, 0.1) is 24.3 Å². The smallest absolute Gasteiger partial charge is 0.223 e. The molecule has 2 aromatic heterocycles. The van der Waals surface area contributed by atoms with E-state index in [0.29, 0.717) is 11.4 Å². The fourth-order valence-corrected chi connectivity index (χ4v) is 2.42. The van der Waals surface area contributed by atoms with Crippen LogP contribution < -0.4 is 5.32 Å². The number of benzene rings is 1. The first-order chi connectivity index (χ1) is 12.7. The molecule has 1 fully saturated rings. The van der Waals surface area contributed by atoms with Gasteiger partial charge in [-0.1, -0.05) is 6.07 Å². The Hall–Kier alpha value is -3.01. The summed E-state index contributed by atoms with van der Waals surface area (Å²) < 4.78 is 33.1. The first-order valence-corrected chi connectivity index (χ1v) is 8.08. The van der Waals surface area contributed by atoms with Gasteiger partial charge >= 0.3 is 0 Å². The van der Waals surface area contributed by atoms with E-state index in [9.17, 15) is 8.78 Å². The van der Waals surface area contributed by atoms with Crippen LogP contribution in [0.15, 0.2) is 30.6 Å². The maximum Gasteiger partial charge on any atom is 0.223 e. The van der Waals surface area contributed by atoms with Gasteiger partial charge in [-0.15, -0.1) is 10.2 Å². The molecule has 1 atom stereocenters. The van der Waals surface area contributed by atoms with E-state index in [1.54, 1.807) is 0 Å². The van der Waals surface area contributed by atoms with E-state index in [0.717, 1.165) is 18.9 Å². The minimum Gasteiger partial charge on any atom is -0.376 e. The van der Waals surface area contributed by atoms with E-state index >= 15 is 0 Å². The summed E-state index contributed by atoms with van der Waals surface area (Å²) in [6.07, 6.45) is 5.24. The maximum absolute atomic E-state index is 14.2. The van der Waals surface area contributed by atoms with E-state index in [2.05, 4.69) is 35.9 Å². The maximum atomic E-state index is 14.2. The van der Waals surface area contributed by atoms with Gasteiger partial charge in [-0.25, -0.2) is 18.7 Å². The van der Waals surface area contributed by atoms with E-state index in [4.69, 9.17) is 4.74 Å². The van der Waals surface area contributed by atoms with E-state index < -0.39 is 17.7 Å². The number of hydrogen-bond donors (Lipinski definition) is 2. The van der Waals surface area contributed by atoms with Gasteiger partial charge in [-0.2, -0.15) is 5.21 Å². The van der Waals surface area contributed by atoms with Crippen LogP contribution in [0.5, 0.6) is 0 Å². The number of rotatable bonds is 7. The lowest BCUT2D eigenvalue weighted by molar-refractivity contribution is 0.110. The zero-order valence-corrected chi connectivity index (χ0v) is 13.6. The molecule has 4 rings (SSSR count). The van der Waals surface area contributed by atoms with Gasteiger partial charge in [0.1, 0.15) is 11.6 Å². The largest absolute Gasteiger partial charge is 0.376 e. The molecule has 1 aliphatic carbocycles. The lowest BCUT2D eigenvalue weighted by atomic mass is 10.1. The molecule has 10 heteroatoms. The van der Waals surface area contributed by atoms with Crippen molar-refractivity contribution in [2.45, 2.75) is 25.0 Å². The Kier molecular flexibility index (Phi) is 4.48. The van der Waals surface area contributed by atoms with Gasteiger partial charge in [0.25, 0.3) is 0 Å². The lowest BCUT2D eigenvalue weighted by Gasteiger charge is -2.20. The zero-order valence-electron chi connectivity index (χ0n) is 13.6. The second-order valence-electron chi connectivity index (χ2n) is 5.93. The molecular weight excluding hydrogens is 344 g/mol. The molecule has 0 aliphatic heterocycles. The number of ether oxygens (including phenoxy) is 1. The summed E-state index contributed by atoms with van der Waals surface area (Å²) in [5.74, 6) is -0.626. The van der Waals surface area contributed by atoms with Crippen LogP contribution in [-0.2, 0) is 4.74 Å². The second kappa shape index (κ2) is 7.08. The number of anilines is 1. The van der Waals surface area contributed by atoms with Crippen molar-refractivity contribution < 1.29 is 13.5 Å². The third-order valence-electron chi connectivity index (χ3n) is 3.92. The standard InChI is InChI=1S/C16H15F2N7O/c17-10-1-4-12(13(18)5-10)14(8-26-11-2-3-11)21-16-19-6-9(7-20-16)15-22-24-25-23-15/h1,4-7,11,14H,2-3,8H2,(H,19,20,21)(H,22,23,24,25). The van der Waals surface area contributed by atoms with Crippen LogP contribution in [0.3, 0.4) is 0 Å². The fourth-order valence-electron chi connectivity index (χ4n) is 2.42. The number of nitrogens with one attached hydrogen (secondary N) is 2. The highest BCUT2D eigenvalue weighted by Gasteiger charge is 2.25. The number of nitrogens with zero attached hydrogens (tertiary/aromatic N) is 5. The summed E-state index contributed by atoms with van der Waals surface area (Å²) in [6.45, 7) is 0.225. The van der Waals surface area contributed by atoms with Gasteiger partial charge in [0, 0.05) is 24.0 Å². The minimum absolute atomic E-state index is 0.198. The first-order valence-electron chi connectivity index (χ1n) is 8.08. The number of tetrazole rings is 1. The monoisotopic (exact) mass is 359 g/mol. The van der Waals surface area contributed by atoms with Crippen molar-refractivity contribution in [2.75, 3.05) is 11.9 Å². The summed E-state index contributed by atoms with van der Waals surface area (Å²) in [5.41, 5.74) is 0.876. The van der Waals surface area contributed by atoms with Crippen molar-refractivity contribution in [1.29, 1.82) is 0 Å². The van der Waals surface area contributed by atoms with Crippen LogP contribution in [-0.4, -0.2) is 43.3 Å². The van der Waals surface area contributed by atoms with Crippen molar-refractivity contribution >= 4 is 5.95 Å². The Morgan fingerprint density at radius 2 is 2.04 bits per heavy atom. The molecule has 1 aromatic carbocycles. The molecular formula is C16H15F2N7O.